The lowest BCUT2D eigenvalue weighted by Crippen LogP contribution is -2.59. The Labute approximate surface area is 169 Å². The topological polar surface area (TPSA) is 51.1 Å². The lowest BCUT2D eigenvalue weighted by atomic mass is 9.53. The van der Waals surface area contributed by atoms with Crippen molar-refractivity contribution >= 4 is 17.5 Å². The summed E-state index contributed by atoms with van der Waals surface area (Å²) in [6.07, 6.45) is 9.05. The normalized spacial score (nSPS) is 30.4. The number of carbonyl (C=O) groups excluding carboxylic acids is 1. The SMILES string of the molecule is O=C(NC12CC3CC(CC(C3)C1)C2)c1ccc(=O)n(Cc2ccccc2Cl)c1. The Morgan fingerprint density at radius 3 is 2.32 bits per heavy atom. The molecule has 0 spiro atoms. The molecule has 2 aromatic rings. The van der Waals surface area contributed by atoms with Crippen LogP contribution in [-0.4, -0.2) is 16.0 Å². The van der Waals surface area contributed by atoms with Crippen molar-refractivity contribution in [2.75, 3.05) is 0 Å². The molecule has 4 saturated carbocycles. The lowest BCUT2D eigenvalue weighted by molar-refractivity contribution is -0.0167. The van der Waals surface area contributed by atoms with E-state index in [1.165, 1.54) is 25.3 Å². The second-order valence-corrected chi connectivity index (χ2v) is 9.53. The summed E-state index contributed by atoms with van der Waals surface area (Å²) >= 11 is 6.24. The highest BCUT2D eigenvalue weighted by Crippen LogP contribution is 2.55. The molecule has 1 amide bonds. The van der Waals surface area contributed by atoms with Crippen LogP contribution in [0.2, 0.25) is 5.02 Å². The van der Waals surface area contributed by atoms with Crippen LogP contribution >= 0.6 is 11.6 Å². The molecule has 4 bridgehead atoms. The van der Waals surface area contributed by atoms with E-state index in [1.807, 2.05) is 24.3 Å². The summed E-state index contributed by atoms with van der Waals surface area (Å²) in [4.78, 5) is 25.4. The van der Waals surface area contributed by atoms with Gasteiger partial charge in [-0.05, 0) is 74.0 Å². The van der Waals surface area contributed by atoms with Crippen molar-refractivity contribution in [3.8, 4) is 0 Å². The number of halogens is 1. The number of rotatable bonds is 4. The van der Waals surface area contributed by atoms with E-state index in [1.54, 1.807) is 16.8 Å². The first-order chi connectivity index (χ1) is 13.5. The Bertz CT molecular complexity index is 945. The molecule has 4 aliphatic rings. The smallest absolute Gasteiger partial charge is 0.253 e. The molecule has 1 N–H and O–H groups in total. The van der Waals surface area contributed by atoms with Gasteiger partial charge in [0.15, 0.2) is 0 Å². The summed E-state index contributed by atoms with van der Waals surface area (Å²) in [5.74, 6) is 2.28. The molecule has 28 heavy (non-hydrogen) atoms. The quantitative estimate of drug-likeness (QED) is 0.839. The molecular weight excluding hydrogens is 372 g/mol. The van der Waals surface area contributed by atoms with Crippen molar-refractivity contribution in [2.45, 2.75) is 50.6 Å². The molecule has 5 heteroatoms. The molecule has 0 atom stereocenters. The minimum absolute atomic E-state index is 0.0322. The first kappa shape index (κ1) is 18.0. The minimum Gasteiger partial charge on any atom is -0.347 e. The van der Waals surface area contributed by atoms with Crippen molar-refractivity contribution in [2.24, 2.45) is 17.8 Å². The summed E-state index contributed by atoms with van der Waals surface area (Å²) < 4.78 is 1.57. The van der Waals surface area contributed by atoms with Crippen molar-refractivity contribution in [3.05, 3.63) is 69.1 Å². The molecule has 4 aliphatic carbocycles. The number of hydrogen-bond donors (Lipinski definition) is 1. The monoisotopic (exact) mass is 396 g/mol. The van der Waals surface area contributed by atoms with Crippen LogP contribution in [0.15, 0.2) is 47.4 Å². The number of nitrogens with zero attached hydrogens (tertiary/aromatic N) is 1. The fourth-order valence-corrected chi connectivity index (χ4v) is 6.37. The van der Waals surface area contributed by atoms with Crippen LogP contribution in [0.1, 0.15) is 54.4 Å². The molecule has 4 nitrogen and oxygen atoms in total. The third-order valence-electron chi connectivity index (χ3n) is 6.96. The standard InChI is InChI=1S/C23H25ClN2O2/c24-20-4-2-1-3-18(20)13-26-14-19(5-6-21(26)27)22(28)25-23-10-15-7-16(11-23)9-17(8-15)12-23/h1-6,14-17H,7-13H2,(H,25,28). The zero-order valence-electron chi connectivity index (χ0n) is 15.9. The fourth-order valence-electron chi connectivity index (χ4n) is 6.18. The van der Waals surface area contributed by atoms with Gasteiger partial charge in [-0.3, -0.25) is 9.59 Å². The fraction of sp³-hybridized carbons (Fsp3) is 0.478. The predicted octanol–water partition coefficient (Wildman–Crippen LogP) is 4.25. The Balaban J connectivity index is 1.37. The number of amides is 1. The first-order valence-electron chi connectivity index (χ1n) is 10.3. The molecular formula is C23H25ClN2O2. The van der Waals surface area contributed by atoms with Gasteiger partial charge in [0.2, 0.25) is 0 Å². The molecule has 4 fully saturated rings. The molecule has 0 unspecified atom stereocenters. The molecule has 1 aromatic carbocycles. The highest BCUT2D eigenvalue weighted by Gasteiger charge is 2.51. The first-order valence-corrected chi connectivity index (χ1v) is 10.6. The van der Waals surface area contributed by atoms with Crippen LogP contribution in [0.25, 0.3) is 0 Å². The van der Waals surface area contributed by atoms with Crippen molar-refractivity contribution < 1.29 is 4.79 Å². The Hall–Kier alpha value is -2.07. The molecule has 0 radical (unpaired) electrons. The Kier molecular flexibility index (Phi) is 4.35. The number of nitrogens with one attached hydrogen (secondary N) is 1. The highest BCUT2D eigenvalue weighted by atomic mass is 35.5. The third kappa shape index (κ3) is 3.28. The number of pyridine rings is 1. The van der Waals surface area contributed by atoms with Crippen LogP contribution < -0.4 is 10.9 Å². The molecule has 0 aliphatic heterocycles. The van der Waals surface area contributed by atoms with Gasteiger partial charge >= 0.3 is 0 Å². The zero-order valence-corrected chi connectivity index (χ0v) is 16.6. The second kappa shape index (κ2) is 6.77. The summed E-state index contributed by atoms with van der Waals surface area (Å²) in [7, 11) is 0. The predicted molar refractivity (Wildman–Crippen MR) is 110 cm³/mol. The van der Waals surface area contributed by atoms with Crippen molar-refractivity contribution in [3.63, 3.8) is 0 Å². The van der Waals surface area contributed by atoms with Crippen LogP contribution in [0, 0.1) is 17.8 Å². The van der Waals surface area contributed by atoms with E-state index in [9.17, 15) is 9.59 Å². The van der Waals surface area contributed by atoms with Gasteiger partial charge in [-0.15, -0.1) is 0 Å². The van der Waals surface area contributed by atoms with Crippen LogP contribution in [0.3, 0.4) is 0 Å². The number of carbonyl (C=O) groups is 1. The number of benzene rings is 1. The molecule has 1 heterocycles. The highest BCUT2D eigenvalue weighted by molar-refractivity contribution is 6.31. The molecule has 1 aromatic heterocycles. The third-order valence-corrected chi connectivity index (χ3v) is 7.33. The van der Waals surface area contributed by atoms with E-state index in [0.717, 1.165) is 42.6 Å². The van der Waals surface area contributed by atoms with Crippen LogP contribution in [-0.2, 0) is 6.54 Å². The average Bonchev–Trinajstić information content (AvgIpc) is 2.63. The second-order valence-electron chi connectivity index (χ2n) is 9.13. The van der Waals surface area contributed by atoms with Gasteiger partial charge in [0.05, 0.1) is 12.1 Å². The van der Waals surface area contributed by atoms with Gasteiger partial charge < -0.3 is 9.88 Å². The summed E-state index contributed by atoms with van der Waals surface area (Å²) in [6, 6.07) is 10.6. The van der Waals surface area contributed by atoms with Gasteiger partial charge in [-0.25, -0.2) is 0 Å². The maximum atomic E-state index is 13.1. The van der Waals surface area contributed by atoms with E-state index in [2.05, 4.69) is 5.32 Å². The average molecular weight is 397 g/mol. The van der Waals surface area contributed by atoms with E-state index >= 15 is 0 Å². The molecule has 6 rings (SSSR count). The summed E-state index contributed by atoms with van der Waals surface area (Å²) in [5.41, 5.74) is 1.24. The van der Waals surface area contributed by atoms with Crippen molar-refractivity contribution in [1.82, 2.24) is 9.88 Å². The Morgan fingerprint density at radius 2 is 1.68 bits per heavy atom. The number of aromatic nitrogens is 1. The van der Waals surface area contributed by atoms with Crippen LogP contribution in [0.4, 0.5) is 0 Å². The minimum atomic E-state index is -0.133. The molecule has 146 valence electrons. The lowest BCUT2D eigenvalue weighted by Gasteiger charge is -2.56. The van der Waals surface area contributed by atoms with Crippen molar-refractivity contribution in [1.29, 1.82) is 0 Å². The summed E-state index contributed by atoms with van der Waals surface area (Å²) in [5, 5.41) is 4.01. The van der Waals surface area contributed by atoms with Gasteiger partial charge in [0.25, 0.3) is 11.5 Å². The maximum absolute atomic E-state index is 13.1. The zero-order chi connectivity index (χ0) is 19.3. The Morgan fingerprint density at radius 1 is 1.04 bits per heavy atom. The van der Waals surface area contributed by atoms with Crippen LogP contribution in [0.5, 0.6) is 0 Å². The number of hydrogen-bond acceptors (Lipinski definition) is 2. The van der Waals surface area contributed by atoms with E-state index in [0.29, 0.717) is 17.1 Å². The van der Waals surface area contributed by atoms with Gasteiger partial charge in [-0.1, -0.05) is 29.8 Å². The van der Waals surface area contributed by atoms with Gasteiger partial charge in [0.1, 0.15) is 0 Å². The van der Waals surface area contributed by atoms with Gasteiger partial charge in [-0.2, -0.15) is 0 Å². The van der Waals surface area contributed by atoms with E-state index in [4.69, 9.17) is 11.6 Å². The van der Waals surface area contributed by atoms with E-state index in [-0.39, 0.29) is 17.0 Å². The maximum Gasteiger partial charge on any atom is 0.253 e. The van der Waals surface area contributed by atoms with Gasteiger partial charge in [0, 0.05) is 22.8 Å². The largest absolute Gasteiger partial charge is 0.347 e. The van der Waals surface area contributed by atoms with E-state index < -0.39 is 0 Å². The summed E-state index contributed by atoms with van der Waals surface area (Å²) in [6.45, 7) is 0.358. The molecule has 0 saturated heterocycles.